The molecule has 1 aromatic heterocycles. The van der Waals surface area contributed by atoms with Crippen molar-refractivity contribution in [1.82, 2.24) is 9.88 Å². The fraction of sp³-hybridized carbons (Fsp3) is 0.400. The summed E-state index contributed by atoms with van der Waals surface area (Å²) in [5.74, 6) is 0.943. The number of nitrogens with two attached hydrogens (primary N) is 1. The van der Waals surface area contributed by atoms with Crippen LogP contribution in [0.2, 0.25) is 0 Å². The van der Waals surface area contributed by atoms with Crippen LogP contribution in [0.25, 0.3) is 0 Å². The average Bonchev–Trinajstić information content (AvgIpc) is 2.96. The summed E-state index contributed by atoms with van der Waals surface area (Å²) in [7, 11) is 0. The molecule has 0 amide bonds. The Morgan fingerprint density at radius 2 is 2.10 bits per heavy atom. The van der Waals surface area contributed by atoms with Crippen LogP contribution >= 0.6 is 11.3 Å². The van der Waals surface area contributed by atoms with E-state index < -0.39 is 0 Å². The minimum Gasteiger partial charge on any atom is -0.492 e. The number of fused-ring (bicyclic) bond motifs is 1. The molecule has 2 aromatic rings. The number of nitrogens with zero attached hydrogens (tertiary/aromatic N) is 2. The van der Waals surface area contributed by atoms with E-state index in [0.717, 1.165) is 37.5 Å². The van der Waals surface area contributed by atoms with Crippen LogP contribution in [0.4, 0.5) is 5.13 Å². The van der Waals surface area contributed by atoms with Gasteiger partial charge in [0.25, 0.3) is 0 Å². The Labute approximate surface area is 123 Å². The number of thiazole rings is 1. The summed E-state index contributed by atoms with van der Waals surface area (Å²) in [6.45, 7) is 5.61. The van der Waals surface area contributed by atoms with Crippen molar-refractivity contribution in [1.29, 1.82) is 0 Å². The highest BCUT2D eigenvalue weighted by Gasteiger charge is 2.22. The van der Waals surface area contributed by atoms with E-state index in [1.54, 1.807) is 11.3 Å². The number of aryl methyl sites for hydroxylation is 1. The fourth-order valence-electron chi connectivity index (χ4n) is 2.39. The van der Waals surface area contributed by atoms with Gasteiger partial charge in [-0.15, -0.1) is 11.3 Å². The van der Waals surface area contributed by atoms with Crippen LogP contribution in [-0.4, -0.2) is 23.0 Å². The molecule has 0 aliphatic carbocycles. The van der Waals surface area contributed by atoms with Gasteiger partial charge in [0, 0.05) is 24.5 Å². The van der Waals surface area contributed by atoms with Crippen LogP contribution in [0.3, 0.4) is 0 Å². The van der Waals surface area contributed by atoms with Crippen LogP contribution in [0.5, 0.6) is 5.75 Å². The number of hydrogen-bond acceptors (Lipinski definition) is 5. The lowest BCUT2D eigenvalue weighted by Gasteiger charge is -2.15. The van der Waals surface area contributed by atoms with Crippen molar-refractivity contribution < 1.29 is 4.74 Å². The molecular formula is C15H19N3OS. The van der Waals surface area contributed by atoms with Gasteiger partial charge >= 0.3 is 0 Å². The maximum Gasteiger partial charge on any atom is 0.180 e. The minimum absolute atomic E-state index is 0.682. The number of nitrogen functional groups attached to an aromatic ring is 1. The minimum atomic E-state index is 0.682. The van der Waals surface area contributed by atoms with E-state index in [4.69, 9.17) is 10.5 Å². The van der Waals surface area contributed by atoms with Gasteiger partial charge < -0.3 is 10.5 Å². The summed E-state index contributed by atoms with van der Waals surface area (Å²) in [5, 5.41) is 0.682. The van der Waals surface area contributed by atoms with E-state index >= 15 is 0 Å². The summed E-state index contributed by atoms with van der Waals surface area (Å²) in [5.41, 5.74) is 8.17. The van der Waals surface area contributed by atoms with Crippen LogP contribution in [0.15, 0.2) is 24.3 Å². The van der Waals surface area contributed by atoms with Crippen LogP contribution < -0.4 is 10.5 Å². The molecule has 0 atom stereocenters. The van der Waals surface area contributed by atoms with Gasteiger partial charge in [-0.05, 0) is 24.1 Å². The van der Waals surface area contributed by atoms with E-state index in [2.05, 4.69) is 28.9 Å². The van der Waals surface area contributed by atoms with E-state index in [-0.39, 0.29) is 0 Å². The molecule has 1 aliphatic heterocycles. The molecule has 0 spiro atoms. The predicted molar refractivity (Wildman–Crippen MR) is 82.0 cm³/mol. The Kier molecular flexibility index (Phi) is 3.89. The molecule has 5 heteroatoms. The zero-order chi connectivity index (χ0) is 13.9. The van der Waals surface area contributed by atoms with Gasteiger partial charge in [0.1, 0.15) is 12.4 Å². The van der Waals surface area contributed by atoms with E-state index in [9.17, 15) is 0 Å². The van der Waals surface area contributed by atoms with Gasteiger partial charge in [-0.25, -0.2) is 4.98 Å². The van der Waals surface area contributed by atoms with Crippen molar-refractivity contribution in [2.45, 2.75) is 26.4 Å². The molecule has 1 aromatic carbocycles. The maximum atomic E-state index is 5.78. The molecule has 0 unspecified atom stereocenters. The number of ether oxygens (including phenoxy) is 1. The molecule has 0 fully saturated rings. The van der Waals surface area contributed by atoms with Crippen molar-refractivity contribution in [2.24, 2.45) is 0 Å². The van der Waals surface area contributed by atoms with E-state index in [0.29, 0.717) is 11.7 Å². The highest BCUT2D eigenvalue weighted by atomic mass is 32.1. The monoisotopic (exact) mass is 289 g/mol. The van der Waals surface area contributed by atoms with E-state index in [1.165, 1.54) is 10.4 Å². The summed E-state index contributed by atoms with van der Waals surface area (Å²) in [6, 6.07) is 8.33. The normalized spacial score (nSPS) is 14.4. The molecule has 20 heavy (non-hydrogen) atoms. The van der Waals surface area contributed by atoms with Crippen molar-refractivity contribution in [3.8, 4) is 5.75 Å². The van der Waals surface area contributed by atoms with Gasteiger partial charge in [-0.3, -0.25) is 4.90 Å². The first-order valence-corrected chi connectivity index (χ1v) is 7.74. The Balaban J connectivity index is 1.45. The zero-order valence-electron chi connectivity index (χ0n) is 11.6. The van der Waals surface area contributed by atoms with Gasteiger partial charge in [-0.2, -0.15) is 0 Å². The Bertz CT molecular complexity index is 556. The second-order valence-electron chi connectivity index (χ2n) is 4.98. The Morgan fingerprint density at radius 1 is 1.30 bits per heavy atom. The molecule has 106 valence electrons. The molecule has 2 N–H and O–H groups in total. The molecule has 2 heterocycles. The standard InChI is InChI=1S/C15H19N3OS/c1-2-11-3-5-12(6-4-11)19-8-7-18-9-13-14(10-18)20-15(16)17-13/h3-6H,2,7-10H2,1H3,(H2,16,17). The number of benzene rings is 1. The summed E-state index contributed by atoms with van der Waals surface area (Å²) in [4.78, 5) is 7.98. The number of hydrogen-bond donors (Lipinski definition) is 1. The van der Waals surface area contributed by atoms with Crippen molar-refractivity contribution in [3.05, 3.63) is 40.4 Å². The third-order valence-corrected chi connectivity index (χ3v) is 4.45. The smallest absolute Gasteiger partial charge is 0.180 e. The first-order valence-electron chi connectivity index (χ1n) is 6.92. The summed E-state index contributed by atoms with van der Waals surface area (Å²) < 4.78 is 5.78. The van der Waals surface area contributed by atoms with Crippen molar-refractivity contribution in [2.75, 3.05) is 18.9 Å². The molecule has 0 bridgehead atoms. The highest BCUT2D eigenvalue weighted by molar-refractivity contribution is 7.15. The largest absolute Gasteiger partial charge is 0.492 e. The summed E-state index contributed by atoms with van der Waals surface area (Å²) in [6.07, 6.45) is 1.06. The first kappa shape index (κ1) is 13.4. The first-order chi connectivity index (χ1) is 9.74. The topological polar surface area (TPSA) is 51.4 Å². The van der Waals surface area contributed by atoms with Crippen molar-refractivity contribution in [3.63, 3.8) is 0 Å². The van der Waals surface area contributed by atoms with Crippen LogP contribution in [0.1, 0.15) is 23.1 Å². The second kappa shape index (κ2) is 5.81. The lowest BCUT2D eigenvalue weighted by molar-refractivity contribution is 0.211. The molecule has 3 rings (SSSR count). The van der Waals surface area contributed by atoms with Crippen LogP contribution in [-0.2, 0) is 19.5 Å². The summed E-state index contributed by atoms with van der Waals surface area (Å²) >= 11 is 1.60. The Morgan fingerprint density at radius 3 is 2.80 bits per heavy atom. The molecule has 1 aliphatic rings. The molecular weight excluding hydrogens is 270 g/mol. The van der Waals surface area contributed by atoms with E-state index in [1.807, 2.05) is 12.1 Å². The highest BCUT2D eigenvalue weighted by Crippen LogP contribution is 2.28. The number of rotatable bonds is 5. The Hall–Kier alpha value is -1.59. The average molecular weight is 289 g/mol. The molecule has 0 radical (unpaired) electrons. The second-order valence-corrected chi connectivity index (χ2v) is 6.09. The molecule has 0 saturated carbocycles. The lowest BCUT2D eigenvalue weighted by Crippen LogP contribution is -2.23. The van der Waals surface area contributed by atoms with Gasteiger partial charge in [-0.1, -0.05) is 19.1 Å². The predicted octanol–water partition coefficient (Wildman–Crippen LogP) is 2.68. The quantitative estimate of drug-likeness (QED) is 0.919. The third kappa shape index (κ3) is 2.94. The van der Waals surface area contributed by atoms with Crippen LogP contribution in [0, 0.1) is 0 Å². The number of aromatic nitrogens is 1. The van der Waals surface area contributed by atoms with Crippen molar-refractivity contribution >= 4 is 16.5 Å². The molecule has 0 saturated heterocycles. The lowest BCUT2D eigenvalue weighted by atomic mass is 10.2. The zero-order valence-corrected chi connectivity index (χ0v) is 12.4. The van der Waals surface area contributed by atoms with Gasteiger partial charge in [0.2, 0.25) is 0 Å². The maximum absolute atomic E-state index is 5.78. The molecule has 4 nitrogen and oxygen atoms in total. The number of anilines is 1. The SMILES string of the molecule is CCc1ccc(OCCN2Cc3nc(N)sc3C2)cc1. The van der Waals surface area contributed by atoms with Gasteiger partial charge in [0.15, 0.2) is 5.13 Å². The third-order valence-electron chi connectivity index (χ3n) is 3.54. The fourth-order valence-corrected chi connectivity index (χ4v) is 3.28. The van der Waals surface area contributed by atoms with Gasteiger partial charge in [0.05, 0.1) is 5.69 Å².